The monoisotopic (exact) mass is 882 g/mol. The number of fused-ring (bicyclic) bond motifs is 2. The first-order valence-electron chi connectivity index (χ1n) is 21.5. The quantitative estimate of drug-likeness (QED) is 0.179. The fourth-order valence-electron chi connectivity index (χ4n) is 10.8. The van der Waals surface area contributed by atoms with Crippen LogP contribution in [-0.2, 0) is 22.4 Å². The number of anilines is 2. The van der Waals surface area contributed by atoms with Gasteiger partial charge in [-0.3, -0.25) is 9.59 Å². The van der Waals surface area contributed by atoms with Crippen LogP contribution >= 0.6 is 34.8 Å². The van der Waals surface area contributed by atoms with Gasteiger partial charge in [-0.2, -0.15) is 0 Å². The lowest BCUT2D eigenvalue weighted by molar-refractivity contribution is -0.124. The van der Waals surface area contributed by atoms with Gasteiger partial charge in [0.05, 0.1) is 12.1 Å². The molecule has 0 radical (unpaired) electrons. The highest BCUT2D eigenvalue weighted by Crippen LogP contribution is 2.50. The maximum Gasteiger partial charge on any atom is 0.316 e. The Kier molecular flexibility index (Phi) is 12.6. The van der Waals surface area contributed by atoms with Gasteiger partial charge in [0, 0.05) is 76.3 Å². The van der Waals surface area contributed by atoms with E-state index in [0.717, 1.165) is 85.6 Å². The Balaban J connectivity index is 1.24. The molecule has 320 valence electrons. The number of likely N-dealkylation sites (N-methyl/N-ethyl adjacent to an activating group) is 2. The average molecular weight is 884 g/mol. The highest BCUT2D eigenvalue weighted by Gasteiger charge is 2.48. The summed E-state index contributed by atoms with van der Waals surface area (Å²) in [6, 6.07) is 22.3. The Hall–Kier alpha value is -4.77. The number of rotatable bonds is 7. The lowest BCUT2D eigenvalue weighted by atomic mass is 9.79. The molecule has 4 N–H and O–H groups in total. The molecule has 0 aromatic heterocycles. The third-order valence-electron chi connectivity index (χ3n) is 13.7. The molecule has 61 heavy (non-hydrogen) atoms. The molecule has 0 spiro atoms. The van der Waals surface area contributed by atoms with Crippen LogP contribution in [-0.4, -0.2) is 65.2 Å². The van der Waals surface area contributed by atoms with Crippen LogP contribution in [0.15, 0.2) is 84.9 Å². The molecule has 0 saturated heterocycles. The number of benzene rings is 4. The van der Waals surface area contributed by atoms with Gasteiger partial charge in [-0.05, 0) is 78.6 Å². The van der Waals surface area contributed by atoms with E-state index in [1.165, 1.54) is 4.90 Å². The predicted molar refractivity (Wildman–Crippen MR) is 243 cm³/mol. The molecule has 4 aromatic rings. The SMILES string of the molecule is CN1C(=O)C(Cc2ccccc2)N(C(N)=O)C(C2CCCCC2)c2cc(Cl)c(-c3ccccc3CC3C(=O)N(C)c4ccc(Cl)cc4C([C@@H]4CCCCC4Cl)N3C(N)=O)cc21. The summed E-state index contributed by atoms with van der Waals surface area (Å²) in [6.07, 6.45) is 8.76. The number of urea groups is 2. The van der Waals surface area contributed by atoms with Gasteiger partial charge in [-0.1, -0.05) is 110 Å². The van der Waals surface area contributed by atoms with Crippen molar-refractivity contribution >= 4 is 70.1 Å². The third-order valence-corrected chi connectivity index (χ3v) is 14.8. The minimum Gasteiger partial charge on any atom is -0.351 e. The normalized spacial score (nSPS) is 24.8. The van der Waals surface area contributed by atoms with Crippen molar-refractivity contribution in [3.63, 3.8) is 0 Å². The van der Waals surface area contributed by atoms with Crippen molar-refractivity contribution in [1.29, 1.82) is 0 Å². The molecule has 2 fully saturated rings. The lowest BCUT2D eigenvalue weighted by Gasteiger charge is -2.42. The van der Waals surface area contributed by atoms with Gasteiger partial charge in [0.15, 0.2) is 0 Å². The molecule has 4 aliphatic rings. The highest BCUT2D eigenvalue weighted by atomic mass is 35.5. The van der Waals surface area contributed by atoms with Crippen LogP contribution in [0.2, 0.25) is 10.0 Å². The molecule has 2 heterocycles. The van der Waals surface area contributed by atoms with Crippen LogP contribution in [0.3, 0.4) is 0 Å². The first kappa shape index (κ1) is 42.9. The zero-order valence-electron chi connectivity index (χ0n) is 34.6. The number of alkyl halides is 1. The van der Waals surface area contributed by atoms with Crippen LogP contribution in [0.1, 0.15) is 92.1 Å². The van der Waals surface area contributed by atoms with Crippen molar-refractivity contribution in [1.82, 2.24) is 9.80 Å². The smallest absolute Gasteiger partial charge is 0.316 e. The maximum atomic E-state index is 14.8. The Labute approximate surface area is 373 Å². The number of nitrogens with zero attached hydrogens (tertiary/aromatic N) is 4. The van der Waals surface area contributed by atoms with Crippen LogP contribution < -0.4 is 21.3 Å². The zero-order valence-corrected chi connectivity index (χ0v) is 36.9. The molecule has 10 nitrogen and oxygen atoms in total. The molecule has 8 rings (SSSR count). The van der Waals surface area contributed by atoms with Gasteiger partial charge in [0.1, 0.15) is 12.1 Å². The van der Waals surface area contributed by atoms with Gasteiger partial charge in [-0.15, -0.1) is 11.6 Å². The van der Waals surface area contributed by atoms with E-state index in [1.54, 1.807) is 34.9 Å². The summed E-state index contributed by atoms with van der Waals surface area (Å²) in [4.78, 5) is 63.5. The second-order valence-corrected chi connectivity index (χ2v) is 18.6. The summed E-state index contributed by atoms with van der Waals surface area (Å²) < 4.78 is 0. The number of nitrogens with two attached hydrogens (primary N) is 2. The molecule has 6 atom stereocenters. The standard InChI is InChI=1S/C48H53Cl3N6O4/c1-54-39-22-21-31(49)25-35(39)44(33-19-11-12-20-37(33)50)57(48(53)61)42(46(54)59)24-30-17-9-10-18-32(30)34-27-40-36(26-38(34)51)43(29-15-7-4-8-16-29)56(47(52)60)41(45(58)55(40)2)23-28-13-5-3-6-14-28/h3,5-6,9-10,13-14,17-18,21-22,25-27,29,33,37,41-44H,4,7-8,11-12,15-16,19-20,23-24H2,1-2H3,(H2,52,60)(H2,53,61)/t33-,37?,41?,42?,43?,44?/m1/s1. The van der Waals surface area contributed by atoms with E-state index in [4.69, 9.17) is 46.3 Å². The van der Waals surface area contributed by atoms with Gasteiger partial charge in [-0.25, -0.2) is 9.59 Å². The van der Waals surface area contributed by atoms with Crippen molar-refractivity contribution in [3.8, 4) is 11.1 Å². The largest absolute Gasteiger partial charge is 0.351 e. The zero-order chi connectivity index (χ0) is 43.1. The fourth-order valence-corrected chi connectivity index (χ4v) is 11.7. The van der Waals surface area contributed by atoms with E-state index in [1.807, 2.05) is 78.9 Å². The average Bonchev–Trinajstić information content (AvgIpc) is 3.39. The molecule has 5 unspecified atom stereocenters. The number of halogens is 3. The molecular weight excluding hydrogens is 831 g/mol. The van der Waals surface area contributed by atoms with Crippen molar-refractivity contribution < 1.29 is 19.2 Å². The number of carbonyl (C=O) groups is 4. The summed E-state index contributed by atoms with van der Waals surface area (Å²) in [5, 5.41) is 0.659. The first-order chi connectivity index (χ1) is 29.3. The van der Waals surface area contributed by atoms with Gasteiger partial charge in [0.2, 0.25) is 11.8 Å². The van der Waals surface area contributed by atoms with Crippen molar-refractivity contribution in [2.24, 2.45) is 23.3 Å². The van der Waals surface area contributed by atoms with Gasteiger partial charge in [0.25, 0.3) is 0 Å². The fraction of sp³-hybridized carbons (Fsp3) is 0.417. The Morgan fingerprint density at radius 2 is 1.23 bits per heavy atom. The minimum absolute atomic E-state index is 0.0634. The highest BCUT2D eigenvalue weighted by molar-refractivity contribution is 6.33. The van der Waals surface area contributed by atoms with Crippen molar-refractivity contribution in [2.45, 2.75) is 100 Å². The Bertz CT molecular complexity index is 2320. The second kappa shape index (κ2) is 17.9. The van der Waals surface area contributed by atoms with E-state index in [-0.39, 0.29) is 35.4 Å². The third kappa shape index (κ3) is 8.19. The van der Waals surface area contributed by atoms with Crippen LogP contribution in [0.4, 0.5) is 21.0 Å². The molecule has 13 heteroatoms. The van der Waals surface area contributed by atoms with Crippen molar-refractivity contribution in [2.75, 3.05) is 23.9 Å². The Morgan fingerprint density at radius 3 is 1.92 bits per heavy atom. The van der Waals surface area contributed by atoms with Crippen LogP contribution in [0.5, 0.6) is 0 Å². The van der Waals surface area contributed by atoms with E-state index in [9.17, 15) is 19.2 Å². The first-order valence-corrected chi connectivity index (χ1v) is 22.6. The molecule has 2 saturated carbocycles. The minimum atomic E-state index is -1.01. The number of carbonyl (C=O) groups excluding carboxylic acids is 4. The number of hydrogen-bond acceptors (Lipinski definition) is 4. The van der Waals surface area contributed by atoms with Gasteiger partial charge < -0.3 is 31.1 Å². The summed E-state index contributed by atoms with van der Waals surface area (Å²) in [7, 11) is 3.46. The van der Waals surface area contributed by atoms with E-state index in [0.29, 0.717) is 33.4 Å². The van der Waals surface area contributed by atoms with E-state index >= 15 is 0 Å². The summed E-state index contributed by atoms with van der Waals surface area (Å²) in [6.45, 7) is 0. The molecule has 0 bridgehead atoms. The molecular formula is C48H53Cl3N6O4. The van der Waals surface area contributed by atoms with Gasteiger partial charge >= 0.3 is 12.1 Å². The number of amides is 6. The summed E-state index contributed by atoms with van der Waals surface area (Å²) >= 11 is 21.1. The topological polar surface area (TPSA) is 133 Å². The number of hydrogen-bond donors (Lipinski definition) is 2. The van der Waals surface area contributed by atoms with Crippen LogP contribution in [0.25, 0.3) is 11.1 Å². The number of primary amides is 2. The summed E-state index contributed by atoms with van der Waals surface area (Å²) in [5.41, 5.74) is 18.5. The van der Waals surface area contributed by atoms with Crippen molar-refractivity contribution in [3.05, 3.63) is 117 Å². The van der Waals surface area contributed by atoms with E-state index in [2.05, 4.69) is 0 Å². The predicted octanol–water partition coefficient (Wildman–Crippen LogP) is 10.1. The second-order valence-electron chi connectivity index (χ2n) is 17.2. The van der Waals surface area contributed by atoms with Crippen LogP contribution in [0, 0.1) is 11.8 Å². The molecule has 2 aliphatic heterocycles. The Morgan fingerprint density at radius 1 is 0.639 bits per heavy atom. The lowest BCUT2D eigenvalue weighted by Crippen LogP contribution is -2.54. The summed E-state index contributed by atoms with van der Waals surface area (Å²) in [5.74, 6) is -0.661. The molecule has 4 aromatic carbocycles. The molecule has 2 aliphatic carbocycles. The molecule has 6 amide bonds. The maximum absolute atomic E-state index is 14.8. The van der Waals surface area contributed by atoms with E-state index < -0.39 is 36.2 Å².